The number of carboxylic acids is 1. The van der Waals surface area contributed by atoms with E-state index in [1.54, 1.807) is 27.2 Å². The normalized spacial score (nSPS) is 13.6. The van der Waals surface area contributed by atoms with Gasteiger partial charge in [0.15, 0.2) is 0 Å². The molecule has 1 aliphatic rings. The number of benzene rings is 4. The molecule has 0 spiro atoms. The number of carbonyl (C=O) groups excluding carboxylic acids is 1. The summed E-state index contributed by atoms with van der Waals surface area (Å²) in [5.74, 6) is -0.206. The number of likely N-dealkylation sites (tertiary alicyclic amines) is 1. The molecule has 4 aromatic carbocycles. The number of rotatable bonds is 10. The third kappa shape index (κ3) is 7.78. The number of ether oxygens (including phenoxy) is 2. The number of fused-ring (bicyclic) bond motifs is 1. The molecule has 0 bridgehead atoms. The maximum atomic E-state index is 12.8. The third-order valence-electron chi connectivity index (χ3n) is 8.36. The van der Waals surface area contributed by atoms with Crippen molar-refractivity contribution < 1.29 is 33.0 Å². The summed E-state index contributed by atoms with van der Waals surface area (Å²) in [6.07, 6.45) is 2.47. The second-order valence-electron chi connectivity index (χ2n) is 11.1. The van der Waals surface area contributed by atoms with Gasteiger partial charge in [-0.2, -0.15) is 0 Å². The van der Waals surface area contributed by atoms with E-state index >= 15 is 0 Å². The minimum atomic E-state index is -0.804. The highest BCUT2D eigenvalue weighted by Gasteiger charge is 2.27. The zero-order chi connectivity index (χ0) is 32.5. The monoisotopic (exact) mass is 618 g/mol. The summed E-state index contributed by atoms with van der Waals surface area (Å²) in [6, 6.07) is 20.6. The van der Waals surface area contributed by atoms with Crippen LogP contribution >= 0.6 is 0 Å². The number of hydrogen-bond donors (Lipinski definition) is 2. The molecule has 3 N–H and O–H groups in total. The summed E-state index contributed by atoms with van der Waals surface area (Å²) in [6.45, 7) is 3.58. The Morgan fingerprint density at radius 1 is 0.956 bits per heavy atom. The lowest BCUT2D eigenvalue weighted by molar-refractivity contribution is -0.136. The molecule has 0 radical (unpaired) electrons. The zero-order valence-electron chi connectivity index (χ0n) is 25.9. The maximum absolute atomic E-state index is 12.8. The average molecular weight is 619 g/mol. The van der Waals surface area contributed by atoms with Gasteiger partial charge in [0.25, 0.3) is 5.91 Å². The van der Waals surface area contributed by atoms with Crippen molar-refractivity contribution in [3.05, 3.63) is 94.8 Å². The molecule has 1 aliphatic heterocycles. The summed E-state index contributed by atoms with van der Waals surface area (Å²) in [5, 5.41) is 11.2. The van der Waals surface area contributed by atoms with Crippen molar-refractivity contribution >= 4 is 22.6 Å². The van der Waals surface area contributed by atoms with Gasteiger partial charge in [0.2, 0.25) is 0 Å². The summed E-state index contributed by atoms with van der Waals surface area (Å²) in [4.78, 5) is 24.0. The Morgan fingerprint density at radius 3 is 2.24 bits per heavy atom. The lowest BCUT2D eigenvalue weighted by Gasteiger charge is -2.32. The largest absolute Gasteiger partial charge is 0.496 e. The Hall–Kier alpha value is -4.50. The van der Waals surface area contributed by atoms with Gasteiger partial charge in [-0.1, -0.05) is 54.6 Å². The van der Waals surface area contributed by atoms with Gasteiger partial charge in [0.1, 0.15) is 24.0 Å². The number of halogens is 2. The molecule has 0 atom stereocenters. The van der Waals surface area contributed by atoms with Gasteiger partial charge in [-0.15, -0.1) is 0 Å². The summed E-state index contributed by atoms with van der Waals surface area (Å²) in [5.41, 5.74) is 9.56. The van der Waals surface area contributed by atoms with Gasteiger partial charge in [0.05, 0.1) is 25.3 Å². The van der Waals surface area contributed by atoms with E-state index in [-0.39, 0.29) is 18.7 Å². The van der Waals surface area contributed by atoms with Crippen LogP contribution in [0.2, 0.25) is 0 Å². The van der Waals surface area contributed by atoms with Crippen LogP contribution in [0.3, 0.4) is 0 Å². The SMILES string of the molecule is COc1ccc(C2CCN(CCF)CC2)c(OC)c1-c1cccc2c(CCC(=O)O)cccc12.Cc1cccc(F)c1C(N)=O. The van der Waals surface area contributed by atoms with Crippen LogP contribution in [0.25, 0.3) is 21.9 Å². The van der Waals surface area contributed by atoms with Gasteiger partial charge in [-0.3, -0.25) is 9.59 Å². The average Bonchev–Trinajstić information content (AvgIpc) is 3.03. The fraction of sp³-hybridized carbons (Fsp3) is 0.333. The number of carboxylic acid groups (broad SMARTS) is 1. The first-order valence-corrected chi connectivity index (χ1v) is 15.0. The van der Waals surface area contributed by atoms with Gasteiger partial charge in [-0.25, -0.2) is 8.78 Å². The maximum Gasteiger partial charge on any atom is 0.303 e. The van der Waals surface area contributed by atoms with Crippen LogP contribution in [0.1, 0.15) is 52.2 Å². The van der Waals surface area contributed by atoms with Crippen LogP contribution in [0, 0.1) is 12.7 Å². The summed E-state index contributed by atoms with van der Waals surface area (Å²) in [7, 11) is 3.36. The van der Waals surface area contributed by atoms with E-state index in [9.17, 15) is 18.4 Å². The highest BCUT2D eigenvalue weighted by atomic mass is 19.1. The predicted octanol–water partition coefficient (Wildman–Crippen LogP) is 6.92. The van der Waals surface area contributed by atoms with Crippen LogP contribution in [-0.2, 0) is 11.2 Å². The molecule has 9 heteroatoms. The second kappa shape index (κ2) is 15.5. The van der Waals surface area contributed by atoms with E-state index in [1.165, 1.54) is 12.1 Å². The number of primary amides is 1. The number of aliphatic carboxylic acids is 1. The molecule has 1 amide bonds. The van der Waals surface area contributed by atoms with E-state index in [0.717, 1.165) is 70.5 Å². The van der Waals surface area contributed by atoms with E-state index in [1.807, 2.05) is 30.3 Å². The van der Waals surface area contributed by atoms with Crippen LogP contribution in [-0.4, -0.2) is 62.4 Å². The molecule has 0 saturated carbocycles. The Balaban J connectivity index is 0.000000354. The molecule has 1 saturated heterocycles. The molecule has 45 heavy (non-hydrogen) atoms. The smallest absolute Gasteiger partial charge is 0.303 e. The molecule has 5 rings (SSSR count). The lowest BCUT2D eigenvalue weighted by Crippen LogP contribution is -2.34. The number of methoxy groups -OCH3 is 2. The number of piperidine rings is 1. The molecule has 0 aromatic heterocycles. The fourth-order valence-corrected chi connectivity index (χ4v) is 6.13. The second-order valence-corrected chi connectivity index (χ2v) is 11.1. The standard InChI is InChI=1S/C28H32FNO4.C8H8FNO/c1-33-25-11-10-22(20-13-16-30(17-14-20)18-15-29)28(34-2)27(25)24-8-4-6-21-19(9-12-26(31)32)5-3-7-23(21)24;1-5-3-2-4-6(9)7(5)8(10)11/h3-8,10-11,20H,9,12-18H2,1-2H3,(H,31,32);2-4H,1H3,(H2,10,11). The minimum Gasteiger partial charge on any atom is -0.496 e. The molecule has 238 valence electrons. The quantitative estimate of drug-likeness (QED) is 0.200. The predicted molar refractivity (Wildman–Crippen MR) is 172 cm³/mol. The molecule has 4 aromatic rings. The molecule has 1 fully saturated rings. The van der Waals surface area contributed by atoms with Crippen LogP contribution < -0.4 is 15.2 Å². The highest BCUT2D eigenvalue weighted by Crippen LogP contribution is 2.47. The Bertz CT molecular complexity index is 1630. The number of nitrogens with zero attached hydrogens (tertiary/aromatic N) is 1. The van der Waals surface area contributed by atoms with Gasteiger partial charge in [-0.05, 0) is 90.4 Å². The molecule has 0 unspecified atom stereocenters. The number of amides is 1. The van der Waals surface area contributed by atoms with Gasteiger partial charge in [0, 0.05) is 13.0 Å². The molecule has 0 aliphatic carbocycles. The first kappa shape index (κ1) is 33.4. The number of carbonyl (C=O) groups is 2. The summed E-state index contributed by atoms with van der Waals surface area (Å²) < 4.78 is 37.4. The van der Waals surface area contributed by atoms with Crippen LogP contribution in [0.15, 0.2) is 66.7 Å². The molecule has 7 nitrogen and oxygen atoms in total. The number of hydrogen-bond acceptors (Lipinski definition) is 5. The fourth-order valence-electron chi connectivity index (χ4n) is 6.13. The van der Waals surface area contributed by atoms with Crippen molar-refractivity contribution in [2.24, 2.45) is 5.73 Å². The molecular weight excluding hydrogens is 578 g/mol. The van der Waals surface area contributed by atoms with Crippen molar-refractivity contribution in [3.63, 3.8) is 0 Å². The van der Waals surface area contributed by atoms with Crippen molar-refractivity contribution in [2.75, 3.05) is 40.5 Å². The van der Waals surface area contributed by atoms with Crippen molar-refractivity contribution in [1.82, 2.24) is 4.90 Å². The van der Waals surface area contributed by atoms with Crippen LogP contribution in [0.5, 0.6) is 11.5 Å². The Labute approximate surface area is 262 Å². The molecular formula is C36H40F2N2O5. The third-order valence-corrected chi connectivity index (χ3v) is 8.36. The topological polar surface area (TPSA) is 102 Å². The Kier molecular flexibility index (Phi) is 11.5. The first-order chi connectivity index (χ1) is 21.7. The van der Waals surface area contributed by atoms with Gasteiger partial charge < -0.3 is 25.2 Å². The first-order valence-electron chi connectivity index (χ1n) is 15.0. The summed E-state index contributed by atoms with van der Waals surface area (Å²) >= 11 is 0. The van der Waals surface area contributed by atoms with E-state index in [2.05, 4.69) is 23.1 Å². The Morgan fingerprint density at radius 2 is 1.64 bits per heavy atom. The van der Waals surface area contributed by atoms with Crippen molar-refractivity contribution in [3.8, 4) is 22.6 Å². The minimum absolute atomic E-state index is 0.0208. The number of aryl methyl sites for hydroxylation is 2. The zero-order valence-corrected chi connectivity index (χ0v) is 25.9. The van der Waals surface area contributed by atoms with E-state index in [4.69, 9.17) is 20.3 Å². The lowest BCUT2D eigenvalue weighted by atomic mass is 9.85. The number of alkyl halides is 1. The van der Waals surface area contributed by atoms with E-state index in [0.29, 0.717) is 24.4 Å². The number of nitrogens with two attached hydrogens (primary N) is 1. The van der Waals surface area contributed by atoms with E-state index < -0.39 is 17.7 Å². The van der Waals surface area contributed by atoms with Crippen molar-refractivity contribution in [1.29, 1.82) is 0 Å². The van der Waals surface area contributed by atoms with Crippen LogP contribution in [0.4, 0.5) is 8.78 Å². The molecule has 1 heterocycles. The van der Waals surface area contributed by atoms with Gasteiger partial charge >= 0.3 is 5.97 Å². The van der Waals surface area contributed by atoms with Crippen molar-refractivity contribution in [2.45, 2.75) is 38.5 Å². The highest BCUT2D eigenvalue weighted by molar-refractivity contribution is 6.01.